The van der Waals surface area contributed by atoms with Crippen molar-refractivity contribution in [1.29, 1.82) is 0 Å². The van der Waals surface area contributed by atoms with Gasteiger partial charge < -0.3 is 5.73 Å². The van der Waals surface area contributed by atoms with Crippen LogP contribution in [0.1, 0.15) is 18.1 Å². The van der Waals surface area contributed by atoms with E-state index in [0.717, 1.165) is 39.2 Å². The number of nitrogen functional groups attached to an aromatic ring is 1. The molecule has 6 nitrogen and oxygen atoms in total. The Bertz CT molecular complexity index is 1090. The summed E-state index contributed by atoms with van der Waals surface area (Å²) >= 11 is 2.63. The molecular weight excluding hydrogens is 342 g/mol. The summed E-state index contributed by atoms with van der Waals surface area (Å²) in [4.78, 5) is 21.6. The van der Waals surface area contributed by atoms with Crippen LogP contribution in [0.2, 0.25) is 0 Å². The van der Waals surface area contributed by atoms with Gasteiger partial charge >= 0.3 is 0 Å². The van der Waals surface area contributed by atoms with Crippen molar-refractivity contribution < 1.29 is 0 Å². The summed E-state index contributed by atoms with van der Waals surface area (Å²) in [5.74, 6) is 0.354. The maximum atomic E-state index is 12.4. The molecule has 2 N–H and O–H groups in total. The van der Waals surface area contributed by atoms with Gasteiger partial charge in [-0.25, -0.2) is 4.40 Å². The maximum Gasteiger partial charge on any atom is 0.283 e. The van der Waals surface area contributed by atoms with Crippen molar-refractivity contribution >= 4 is 57.1 Å². The molecule has 3 heterocycles. The molecule has 3 aromatic rings. The molecule has 0 saturated carbocycles. The predicted octanol–water partition coefficient (Wildman–Crippen LogP) is 3.10. The zero-order valence-corrected chi connectivity index (χ0v) is 14.6. The highest BCUT2D eigenvalue weighted by Gasteiger charge is 2.20. The normalized spacial score (nSPS) is 15.1. The summed E-state index contributed by atoms with van der Waals surface area (Å²) < 4.78 is 6.00. The highest BCUT2D eigenvalue weighted by Crippen LogP contribution is 2.36. The lowest BCUT2D eigenvalue weighted by atomic mass is 10.0. The first kappa shape index (κ1) is 15.1. The van der Waals surface area contributed by atoms with E-state index < -0.39 is 0 Å². The molecule has 120 valence electrons. The monoisotopic (exact) mass is 355 g/mol. The van der Waals surface area contributed by atoms with Gasteiger partial charge in [0.05, 0.1) is 11.3 Å². The number of hydrogen-bond donors (Lipinski definition) is 1. The van der Waals surface area contributed by atoms with E-state index in [4.69, 9.17) is 5.73 Å². The van der Waals surface area contributed by atoms with Gasteiger partial charge in [-0.2, -0.15) is 9.36 Å². The van der Waals surface area contributed by atoms with Crippen LogP contribution in [0.25, 0.3) is 16.6 Å². The number of nitrogens with zero attached hydrogens (tertiary/aromatic N) is 4. The van der Waals surface area contributed by atoms with Gasteiger partial charge in [-0.15, -0.1) is 0 Å². The summed E-state index contributed by atoms with van der Waals surface area (Å²) in [7, 11) is 0. The van der Waals surface area contributed by atoms with Crippen molar-refractivity contribution in [3.8, 4) is 0 Å². The molecule has 0 unspecified atom stereocenters. The van der Waals surface area contributed by atoms with Gasteiger partial charge in [-0.05, 0) is 25.3 Å². The maximum absolute atomic E-state index is 12.4. The molecule has 4 rings (SSSR count). The molecule has 0 amide bonds. The van der Waals surface area contributed by atoms with Crippen LogP contribution in [0.5, 0.6) is 0 Å². The number of allylic oxidation sites excluding steroid dienone is 1. The molecule has 0 bridgehead atoms. The van der Waals surface area contributed by atoms with E-state index in [1.165, 1.54) is 11.8 Å². The summed E-state index contributed by atoms with van der Waals surface area (Å²) in [6.45, 7) is 1.92. The predicted molar refractivity (Wildman–Crippen MR) is 100 cm³/mol. The Hall–Kier alpha value is -2.45. The molecule has 8 heteroatoms. The quantitative estimate of drug-likeness (QED) is 0.714. The van der Waals surface area contributed by atoms with Gasteiger partial charge in [0.2, 0.25) is 4.96 Å². The van der Waals surface area contributed by atoms with Crippen LogP contribution < -0.4 is 11.3 Å². The van der Waals surface area contributed by atoms with Crippen molar-refractivity contribution in [1.82, 2.24) is 13.8 Å². The number of aromatic nitrogens is 3. The third-order valence-electron chi connectivity index (χ3n) is 3.88. The molecular formula is C16H13N5OS2. The Morgan fingerprint density at radius 2 is 2.12 bits per heavy atom. The second-order valence-electron chi connectivity index (χ2n) is 5.28. The summed E-state index contributed by atoms with van der Waals surface area (Å²) in [5, 5.41) is 0.719. The smallest absolute Gasteiger partial charge is 0.283 e. The van der Waals surface area contributed by atoms with Crippen LogP contribution in [-0.4, -0.2) is 25.7 Å². The molecule has 1 aliphatic heterocycles. The second-order valence-corrected chi connectivity index (χ2v) is 6.78. The molecule has 0 spiro atoms. The Kier molecular flexibility index (Phi) is 3.50. The van der Waals surface area contributed by atoms with Gasteiger partial charge in [0.15, 0.2) is 5.16 Å². The molecule has 0 radical (unpaired) electrons. The molecule has 24 heavy (non-hydrogen) atoms. The molecule has 1 aliphatic rings. The fourth-order valence-electron chi connectivity index (χ4n) is 2.72. The largest absolute Gasteiger partial charge is 0.384 e. The number of rotatable bonds is 2. The zero-order valence-electron chi connectivity index (χ0n) is 13.0. The minimum absolute atomic E-state index is 0.353. The van der Waals surface area contributed by atoms with Crippen LogP contribution in [-0.2, 0) is 0 Å². The highest BCUT2D eigenvalue weighted by molar-refractivity contribution is 7.98. The van der Waals surface area contributed by atoms with Gasteiger partial charge in [-0.3, -0.25) is 9.79 Å². The first-order valence-corrected chi connectivity index (χ1v) is 9.18. The Labute approximate surface area is 145 Å². The molecule has 0 aliphatic carbocycles. The number of anilines is 1. The third kappa shape index (κ3) is 2.18. The first-order chi connectivity index (χ1) is 11.6. The standard InChI is InChI=1S/C16H13N5OS2/c1-8-10(9-5-3-4-6-12(9)18-8)7-11-13(17)21-15(19-14(11)22)24-20-16(21)23-2/h3-7H,17H2,1-2H3/b10-7-. The van der Waals surface area contributed by atoms with Gasteiger partial charge in [0, 0.05) is 28.4 Å². The lowest BCUT2D eigenvalue weighted by Crippen LogP contribution is -2.16. The lowest BCUT2D eigenvalue weighted by molar-refractivity contribution is 0.953. The molecule has 1 aromatic carbocycles. The van der Waals surface area contributed by atoms with E-state index >= 15 is 0 Å². The van der Waals surface area contributed by atoms with Gasteiger partial charge in [0.25, 0.3) is 5.56 Å². The Balaban J connectivity index is 1.98. The number of fused-ring (bicyclic) bond motifs is 2. The van der Waals surface area contributed by atoms with E-state index in [9.17, 15) is 4.79 Å². The van der Waals surface area contributed by atoms with Crippen LogP contribution in [0.15, 0.2) is 39.2 Å². The number of thioether (sulfide) groups is 1. The van der Waals surface area contributed by atoms with Crippen LogP contribution in [0.3, 0.4) is 0 Å². The van der Waals surface area contributed by atoms with Gasteiger partial charge in [-0.1, -0.05) is 30.0 Å². The van der Waals surface area contributed by atoms with Crippen LogP contribution in [0, 0.1) is 0 Å². The van der Waals surface area contributed by atoms with E-state index in [1.54, 1.807) is 10.5 Å². The first-order valence-electron chi connectivity index (χ1n) is 7.19. The van der Waals surface area contributed by atoms with Crippen molar-refractivity contribution in [2.45, 2.75) is 12.1 Å². The average Bonchev–Trinajstić information content (AvgIpc) is 3.12. The Morgan fingerprint density at radius 1 is 1.33 bits per heavy atom. The van der Waals surface area contributed by atoms with Crippen molar-refractivity contribution in [3.63, 3.8) is 0 Å². The number of benzene rings is 1. The topological polar surface area (TPSA) is 85.6 Å². The molecule has 0 atom stereocenters. The second kappa shape index (κ2) is 5.57. The minimum atomic E-state index is -0.353. The highest BCUT2D eigenvalue weighted by atomic mass is 32.2. The van der Waals surface area contributed by atoms with Crippen LogP contribution in [0.4, 0.5) is 11.5 Å². The summed E-state index contributed by atoms with van der Waals surface area (Å²) in [6.07, 6.45) is 3.69. The number of hydrogen-bond acceptors (Lipinski definition) is 7. The average molecular weight is 355 g/mol. The molecule has 0 fully saturated rings. The van der Waals surface area contributed by atoms with Gasteiger partial charge in [0.1, 0.15) is 5.82 Å². The minimum Gasteiger partial charge on any atom is -0.384 e. The Morgan fingerprint density at radius 3 is 2.92 bits per heavy atom. The fourth-order valence-corrected chi connectivity index (χ4v) is 4.19. The van der Waals surface area contributed by atoms with Crippen molar-refractivity contribution in [2.24, 2.45) is 4.99 Å². The number of nitrogens with two attached hydrogens (primary N) is 1. The molecule has 2 aromatic heterocycles. The summed E-state index contributed by atoms with van der Waals surface area (Å²) in [5.41, 5.74) is 9.93. The zero-order chi connectivity index (χ0) is 16.8. The summed E-state index contributed by atoms with van der Waals surface area (Å²) in [6, 6.07) is 7.83. The van der Waals surface area contributed by atoms with E-state index in [1.807, 2.05) is 37.4 Å². The third-order valence-corrected chi connectivity index (χ3v) is 5.33. The van der Waals surface area contributed by atoms with E-state index in [0.29, 0.717) is 16.3 Å². The van der Waals surface area contributed by atoms with Crippen molar-refractivity contribution in [3.05, 3.63) is 45.7 Å². The van der Waals surface area contributed by atoms with Crippen molar-refractivity contribution in [2.75, 3.05) is 12.0 Å². The number of aliphatic imine (C=N–C) groups is 1. The molecule has 0 saturated heterocycles. The number of para-hydroxylation sites is 1. The SMILES string of the molecule is CSc1nsc2nc(=O)c(/C=C3/C(C)=Nc4ccccc43)c(N)n12. The fraction of sp³-hybridized carbons (Fsp3) is 0.125. The van der Waals surface area contributed by atoms with E-state index in [-0.39, 0.29) is 5.56 Å². The lowest BCUT2D eigenvalue weighted by Gasteiger charge is -2.06. The van der Waals surface area contributed by atoms with E-state index in [2.05, 4.69) is 14.3 Å². The van der Waals surface area contributed by atoms with Crippen LogP contribution >= 0.6 is 23.3 Å².